The fraction of sp³-hybridized carbons (Fsp3) is 0.367. The first-order chi connectivity index (χ1) is 21.4. The summed E-state index contributed by atoms with van der Waals surface area (Å²) in [6.45, 7) is 1.60. The fourth-order valence-electron chi connectivity index (χ4n) is 5.21. The molecule has 0 aliphatic carbocycles. The van der Waals surface area contributed by atoms with Gasteiger partial charge in [-0.3, -0.25) is 14.5 Å². The molecule has 0 radical (unpaired) electrons. The lowest BCUT2D eigenvalue weighted by Crippen LogP contribution is -2.44. The van der Waals surface area contributed by atoms with Gasteiger partial charge in [0.25, 0.3) is 5.91 Å². The second kappa shape index (κ2) is 14.6. The molecule has 3 aromatic rings. The van der Waals surface area contributed by atoms with E-state index in [9.17, 15) is 31.5 Å². The Morgan fingerprint density at radius 1 is 1.07 bits per heavy atom. The molecule has 3 heterocycles. The molecule has 2 aliphatic rings. The van der Waals surface area contributed by atoms with Crippen molar-refractivity contribution < 1.29 is 36.3 Å². The summed E-state index contributed by atoms with van der Waals surface area (Å²) in [6.07, 6.45) is -1.98. The molecule has 1 N–H and O–H groups in total. The smallest absolute Gasteiger partial charge is 0.421 e. The summed E-state index contributed by atoms with van der Waals surface area (Å²) in [4.78, 5) is 30.2. The quantitative estimate of drug-likeness (QED) is 0.254. The largest absolute Gasteiger partial charge is 0.497 e. The topological polar surface area (TPSA) is 78.0 Å². The summed E-state index contributed by atoms with van der Waals surface area (Å²) in [7, 11) is 2.85. The van der Waals surface area contributed by atoms with Gasteiger partial charge >= 0.3 is 6.18 Å². The fourth-order valence-corrected chi connectivity index (χ4v) is 5.87. The van der Waals surface area contributed by atoms with Gasteiger partial charge < -0.3 is 15.0 Å². The Hall–Kier alpha value is -3.62. The molecule has 2 fully saturated rings. The van der Waals surface area contributed by atoms with Crippen molar-refractivity contribution in [2.45, 2.75) is 18.5 Å². The maximum absolute atomic E-state index is 14.6. The van der Waals surface area contributed by atoms with E-state index in [1.54, 1.807) is 36.2 Å². The van der Waals surface area contributed by atoms with E-state index in [0.717, 1.165) is 17.0 Å². The number of nitrogens with zero attached hydrogens (tertiary/aromatic N) is 4. The number of benzene rings is 2. The van der Waals surface area contributed by atoms with Gasteiger partial charge in [-0.2, -0.15) is 13.2 Å². The third-order valence-electron chi connectivity index (χ3n) is 7.44. The van der Waals surface area contributed by atoms with Crippen LogP contribution in [0.5, 0.6) is 5.75 Å². The van der Waals surface area contributed by atoms with E-state index in [2.05, 4.69) is 14.6 Å². The SMILES string of the molecule is CNC(=O)c1ccc(Cl)cc1.COc1cc(F)c(C2CC(=O)N(c3nccc(N4CCN(SC)CC4)c3C(F)(F)F)C2)c(F)c1. The molecule has 1 aromatic heterocycles. The molecule has 0 bridgehead atoms. The Morgan fingerprint density at radius 2 is 1.69 bits per heavy atom. The van der Waals surface area contributed by atoms with Crippen LogP contribution >= 0.6 is 23.5 Å². The van der Waals surface area contributed by atoms with Crippen LogP contribution in [0.4, 0.5) is 33.5 Å². The first-order valence-corrected chi connectivity index (χ1v) is 15.3. The van der Waals surface area contributed by atoms with Crippen LogP contribution in [0, 0.1) is 11.6 Å². The number of halogens is 6. The lowest BCUT2D eigenvalue weighted by atomic mass is 9.97. The minimum atomic E-state index is -4.79. The van der Waals surface area contributed by atoms with Crippen molar-refractivity contribution in [2.75, 3.05) is 62.9 Å². The van der Waals surface area contributed by atoms with Crippen molar-refractivity contribution in [3.05, 3.63) is 82.0 Å². The highest BCUT2D eigenvalue weighted by molar-refractivity contribution is 7.96. The summed E-state index contributed by atoms with van der Waals surface area (Å²) >= 11 is 7.16. The highest BCUT2D eigenvalue weighted by atomic mass is 35.5. The summed E-state index contributed by atoms with van der Waals surface area (Å²) in [6, 6.07) is 10.0. The number of piperazine rings is 1. The first-order valence-electron chi connectivity index (χ1n) is 13.8. The number of methoxy groups -OCH3 is 1. The third kappa shape index (κ3) is 7.97. The summed E-state index contributed by atoms with van der Waals surface area (Å²) < 4.78 is 78.9. The molecule has 2 saturated heterocycles. The molecule has 8 nitrogen and oxygen atoms in total. The lowest BCUT2D eigenvalue weighted by Gasteiger charge is -2.36. The normalized spacial score (nSPS) is 17.2. The molecule has 242 valence electrons. The third-order valence-corrected chi connectivity index (χ3v) is 8.57. The van der Waals surface area contributed by atoms with Gasteiger partial charge in [0, 0.05) is 86.6 Å². The highest BCUT2D eigenvalue weighted by Gasteiger charge is 2.44. The molecule has 5 rings (SSSR count). The number of carbonyl (C=O) groups is 2. The van der Waals surface area contributed by atoms with Crippen molar-refractivity contribution in [2.24, 2.45) is 0 Å². The molecule has 2 aliphatic heterocycles. The van der Waals surface area contributed by atoms with Gasteiger partial charge in [0.1, 0.15) is 28.8 Å². The van der Waals surface area contributed by atoms with Crippen LogP contribution in [0.25, 0.3) is 0 Å². The zero-order valence-electron chi connectivity index (χ0n) is 24.6. The molecule has 45 heavy (non-hydrogen) atoms. The molecule has 2 aromatic carbocycles. The average molecular weight is 672 g/mol. The lowest BCUT2D eigenvalue weighted by molar-refractivity contribution is -0.136. The second-order valence-electron chi connectivity index (χ2n) is 10.1. The predicted octanol–water partition coefficient (Wildman–Crippen LogP) is 6.01. The Labute approximate surface area is 266 Å². The summed E-state index contributed by atoms with van der Waals surface area (Å²) in [5.41, 5.74) is -0.806. The van der Waals surface area contributed by atoms with Crippen LogP contribution in [0.1, 0.15) is 33.8 Å². The molecule has 2 amide bonds. The van der Waals surface area contributed by atoms with E-state index in [4.69, 9.17) is 16.3 Å². The minimum Gasteiger partial charge on any atom is -0.497 e. The average Bonchev–Trinajstić information content (AvgIpc) is 3.40. The van der Waals surface area contributed by atoms with Crippen LogP contribution in [0.3, 0.4) is 0 Å². The number of hydrogen-bond acceptors (Lipinski definition) is 7. The number of pyridine rings is 1. The molecule has 1 atom stereocenters. The number of anilines is 2. The van der Waals surface area contributed by atoms with Crippen molar-refractivity contribution in [3.63, 3.8) is 0 Å². The number of aromatic nitrogens is 1. The maximum Gasteiger partial charge on any atom is 0.421 e. The van der Waals surface area contributed by atoms with E-state index >= 15 is 0 Å². The molecule has 15 heteroatoms. The number of nitrogens with one attached hydrogen (secondary N) is 1. The second-order valence-corrected chi connectivity index (χ2v) is 11.4. The summed E-state index contributed by atoms with van der Waals surface area (Å²) in [5, 5.41) is 3.16. The van der Waals surface area contributed by atoms with Gasteiger partial charge in [0.15, 0.2) is 0 Å². The number of amides is 2. The number of carbonyl (C=O) groups excluding carboxylic acids is 2. The van der Waals surface area contributed by atoms with Gasteiger partial charge in [-0.05, 0) is 36.6 Å². The van der Waals surface area contributed by atoms with Crippen LogP contribution in [-0.4, -0.2) is 74.2 Å². The van der Waals surface area contributed by atoms with Crippen LogP contribution in [-0.2, 0) is 11.0 Å². The van der Waals surface area contributed by atoms with E-state index in [1.807, 2.05) is 6.26 Å². The van der Waals surface area contributed by atoms with Crippen molar-refractivity contribution in [1.29, 1.82) is 0 Å². The monoisotopic (exact) mass is 671 g/mol. The summed E-state index contributed by atoms with van der Waals surface area (Å²) in [5.74, 6) is -4.14. The minimum absolute atomic E-state index is 0.0322. The number of rotatable bonds is 6. The highest BCUT2D eigenvalue weighted by Crippen LogP contribution is 2.45. The van der Waals surface area contributed by atoms with Crippen LogP contribution < -0.4 is 19.9 Å². The Balaban J connectivity index is 0.000000354. The molecule has 0 spiro atoms. The van der Waals surface area contributed by atoms with E-state index in [-0.39, 0.29) is 35.9 Å². The number of alkyl halides is 3. The maximum atomic E-state index is 14.6. The number of hydrogen-bond donors (Lipinski definition) is 1. The van der Waals surface area contributed by atoms with Crippen LogP contribution in [0.15, 0.2) is 48.7 Å². The Bertz CT molecular complexity index is 1500. The van der Waals surface area contributed by atoms with Gasteiger partial charge in [-0.1, -0.05) is 23.5 Å². The molecule has 0 saturated carbocycles. The van der Waals surface area contributed by atoms with Gasteiger partial charge in [0.2, 0.25) is 5.91 Å². The Morgan fingerprint density at radius 3 is 2.22 bits per heavy atom. The van der Waals surface area contributed by atoms with E-state index < -0.39 is 41.0 Å². The predicted molar refractivity (Wildman–Crippen MR) is 164 cm³/mol. The van der Waals surface area contributed by atoms with Crippen molar-refractivity contribution in [1.82, 2.24) is 14.6 Å². The molecular weight excluding hydrogens is 641 g/mol. The number of ether oxygens (including phenoxy) is 1. The molecule has 1 unspecified atom stereocenters. The zero-order valence-corrected chi connectivity index (χ0v) is 26.2. The van der Waals surface area contributed by atoms with Gasteiger partial charge in [-0.15, -0.1) is 0 Å². The first kappa shape index (κ1) is 34.3. The van der Waals surface area contributed by atoms with Crippen molar-refractivity contribution >= 4 is 46.9 Å². The Kier molecular flexibility index (Phi) is 11.2. The van der Waals surface area contributed by atoms with Crippen molar-refractivity contribution in [3.8, 4) is 5.75 Å². The van der Waals surface area contributed by atoms with E-state index in [1.165, 1.54) is 31.3 Å². The standard InChI is InChI=1S/C22H23F5N4O2S.C8H8ClNO/c1-33-14-10-15(23)19(16(24)11-14)13-9-18(32)31(12-13)21-20(22(25,26)27)17(3-4-28-21)29-5-7-30(34-2)8-6-29;1-10-8(11)6-2-4-7(9)5-3-6/h3-4,10-11,13H,5-9,12H2,1-2H3;2-5H,1H3,(H,10,11). The van der Waals surface area contributed by atoms with Gasteiger partial charge in [0.05, 0.1) is 12.8 Å². The zero-order chi connectivity index (χ0) is 32.9. The van der Waals surface area contributed by atoms with Gasteiger partial charge in [-0.25, -0.2) is 18.1 Å². The molecular formula is C30H31ClF5N5O3S. The van der Waals surface area contributed by atoms with E-state index in [0.29, 0.717) is 36.8 Å². The van der Waals surface area contributed by atoms with Crippen LogP contribution in [0.2, 0.25) is 5.02 Å².